The van der Waals surface area contributed by atoms with E-state index in [-0.39, 0.29) is 11.5 Å². The zero-order valence-electron chi connectivity index (χ0n) is 20.5. The van der Waals surface area contributed by atoms with Crippen molar-refractivity contribution in [3.05, 3.63) is 71.2 Å². The van der Waals surface area contributed by atoms with E-state index in [9.17, 15) is 18.0 Å². The Morgan fingerprint density at radius 3 is 2.58 bits per heavy atom. The molecule has 1 aliphatic heterocycles. The molecule has 1 unspecified atom stereocenters. The highest BCUT2D eigenvalue weighted by molar-refractivity contribution is 6.04. The van der Waals surface area contributed by atoms with Crippen LogP contribution in [0, 0.1) is 6.92 Å². The number of amides is 1. The van der Waals surface area contributed by atoms with Gasteiger partial charge in [0.25, 0.3) is 5.91 Å². The second kappa shape index (κ2) is 10.7. The van der Waals surface area contributed by atoms with Crippen molar-refractivity contribution in [1.29, 1.82) is 0 Å². The van der Waals surface area contributed by atoms with Crippen LogP contribution in [0.3, 0.4) is 0 Å². The Morgan fingerprint density at radius 1 is 1.14 bits per heavy atom. The maximum atomic E-state index is 13.0. The molecule has 0 bridgehead atoms. The van der Waals surface area contributed by atoms with Crippen molar-refractivity contribution in [1.82, 2.24) is 9.97 Å². The number of pyridine rings is 2. The molecule has 190 valence electrons. The number of hydrogen-bond donors (Lipinski definition) is 1. The van der Waals surface area contributed by atoms with E-state index in [0.717, 1.165) is 60.0 Å². The summed E-state index contributed by atoms with van der Waals surface area (Å²) in [5.74, 6) is 0.514. The molecule has 0 saturated carbocycles. The number of carbonyl (C=O) groups excluding carboxylic acids is 1. The average Bonchev–Trinajstić information content (AvgIpc) is 2.89. The molecule has 1 fully saturated rings. The normalized spacial score (nSPS) is 15.0. The van der Waals surface area contributed by atoms with Crippen molar-refractivity contribution < 1.29 is 22.7 Å². The summed E-state index contributed by atoms with van der Waals surface area (Å²) in [6.45, 7) is 9.07. The van der Waals surface area contributed by atoms with Crippen LogP contribution in [0.4, 0.5) is 24.7 Å². The largest absolute Gasteiger partial charge is 0.433 e. The molecule has 36 heavy (non-hydrogen) atoms. The van der Waals surface area contributed by atoms with Crippen molar-refractivity contribution in [3.63, 3.8) is 0 Å². The number of nitrogens with one attached hydrogen (secondary N) is 1. The zero-order chi connectivity index (χ0) is 25.9. The monoisotopic (exact) mass is 498 g/mol. The summed E-state index contributed by atoms with van der Waals surface area (Å²) >= 11 is 0. The Labute approximate surface area is 208 Å². The molecule has 0 spiro atoms. The van der Waals surface area contributed by atoms with Crippen molar-refractivity contribution in [3.8, 4) is 11.1 Å². The van der Waals surface area contributed by atoms with E-state index < -0.39 is 17.8 Å². The number of aryl methyl sites for hydroxylation is 1. The number of hydrogen-bond acceptors (Lipinski definition) is 5. The van der Waals surface area contributed by atoms with Crippen molar-refractivity contribution in [2.45, 2.75) is 39.3 Å². The fourth-order valence-corrected chi connectivity index (χ4v) is 4.05. The predicted octanol–water partition coefficient (Wildman–Crippen LogP) is 6.07. The molecule has 1 N–H and O–H groups in total. The van der Waals surface area contributed by atoms with E-state index in [1.165, 1.54) is 6.07 Å². The van der Waals surface area contributed by atoms with Gasteiger partial charge in [-0.2, -0.15) is 13.2 Å². The van der Waals surface area contributed by atoms with E-state index in [0.29, 0.717) is 18.9 Å². The molecular weight excluding hydrogens is 469 g/mol. The lowest BCUT2D eigenvalue weighted by Crippen LogP contribution is -2.36. The van der Waals surface area contributed by atoms with E-state index >= 15 is 0 Å². The molecule has 1 atom stereocenters. The number of ether oxygens (including phenoxy) is 1. The Kier molecular flexibility index (Phi) is 7.59. The van der Waals surface area contributed by atoms with Crippen molar-refractivity contribution in [2.75, 3.05) is 36.5 Å². The molecular formula is C27H29F3N4O2. The molecule has 2 aromatic heterocycles. The average molecular weight is 499 g/mol. The third kappa shape index (κ3) is 5.84. The second-order valence-electron chi connectivity index (χ2n) is 8.96. The number of aromatic nitrogens is 2. The summed E-state index contributed by atoms with van der Waals surface area (Å²) in [6, 6.07) is 11.6. The standard InChI is InChI=1S/C27H29F3N4O2/c1-4-17(2)23-13-20(15-25(33-23)34-9-11-36-12-10-34)22-16-21(6-5-18(22)3)32-26(35)19-7-8-31-24(14-19)27(28,29)30/h5-8,13-17H,4,9-12H2,1-3H3,(H,32,35). The minimum atomic E-state index is -4.62. The van der Waals surface area contributed by atoms with Crippen LogP contribution in [0.1, 0.15) is 53.5 Å². The predicted molar refractivity (Wildman–Crippen MR) is 133 cm³/mol. The number of morpholine rings is 1. The van der Waals surface area contributed by atoms with Crippen LogP contribution in [0.15, 0.2) is 48.7 Å². The molecule has 6 nitrogen and oxygen atoms in total. The first-order chi connectivity index (χ1) is 17.2. The number of carbonyl (C=O) groups is 1. The topological polar surface area (TPSA) is 67.4 Å². The smallest absolute Gasteiger partial charge is 0.378 e. The summed E-state index contributed by atoms with van der Waals surface area (Å²) in [5.41, 5.74) is 3.15. The first kappa shape index (κ1) is 25.6. The van der Waals surface area contributed by atoms with Crippen LogP contribution in [0.2, 0.25) is 0 Å². The quantitative estimate of drug-likeness (QED) is 0.447. The van der Waals surface area contributed by atoms with E-state index in [4.69, 9.17) is 9.72 Å². The Hall–Kier alpha value is -3.46. The van der Waals surface area contributed by atoms with Gasteiger partial charge in [-0.15, -0.1) is 0 Å². The molecule has 3 aromatic rings. The number of alkyl halides is 3. The van der Waals surface area contributed by atoms with Crippen LogP contribution in [0.5, 0.6) is 0 Å². The summed E-state index contributed by atoms with van der Waals surface area (Å²) in [5, 5.41) is 2.72. The summed E-state index contributed by atoms with van der Waals surface area (Å²) < 4.78 is 44.5. The highest BCUT2D eigenvalue weighted by Crippen LogP contribution is 2.33. The number of anilines is 2. The third-order valence-corrected chi connectivity index (χ3v) is 6.40. The molecule has 1 aromatic carbocycles. The summed E-state index contributed by atoms with van der Waals surface area (Å²) in [7, 11) is 0. The number of rotatable bonds is 6. The molecule has 9 heteroatoms. The Bertz CT molecular complexity index is 1240. The molecule has 1 aliphatic rings. The fourth-order valence-electron chi connectivity index (χ4n) is 4.05. The Balaban J connectivity index is 1.67. The first-order valence-corrected chi connectivity index (χ1v) is 12.0. The Morgan fingerprint density at radius 2 is 1.89 bits per heavy atom. The minimum Gasteiger partial charge on any atom is -0.378 e. The van der Waals surface area contributed by atoms with Crippen LogP contribution in [-0.4, -0.2) is 42.2 Å². The third-order valence-electron chi connectivity index (χ3n) is 6.40. The molecule has 0 aliphatic carbocycles. The summed E-state index contributed by atoms with van der Waals surface area (Å²) in [4.78, 5) is 23.2. The molecule has 1 amide bonds. The molecule has 4 rings (SSSR count). The van der Waals surface area contributed by atoms with Gasteiger partial charge in [0, 0.05) is 36.2 Å². The van der Waals surface area contributed by atoms with E-state index in [1.807, 2.05) is 25.1 Å². The lowest BCUT2D eigenvalue weighted by molar-refractivity contribution is -0.141. The van der Waals surface area contributed by atoms with Gasteiger partial charge in [0.15, 0.2) is 0 Å². The van der Waals surface area contributed by atoms with Crippen LogP contribution in [0.25, 0.3) is 11.1 Å². The van der Waals surface area contributed by atoms with Gasteiger partial charge >= 0.3 is 6.18 Å². The van der Waals surface area contributed by atoms with Gasteiger partial charge in [-0.1, -0.05) is 19.9 Å². The molecule has 1 saturated heterocycles. The lowest BCUT2D eigenvalue weighted by atomic mass is 9.96. The first-order valence-electron chi connectivity index (χ1n) is 12.0. The minimum absolute atomic E-state index is 0.114. The molecule has 3 heterocycles. The van der Waals surface area contributed by atoms with Crippen LogP contribution in [-0.2, 0) is 10.9 Å². The van der Waals surface area contributed by atoms with Crippen LogP contribution < -0.4 is 10.2 Å². The summed E-state index contributed by atoms with van der Waals surface area (Å²) in [6.07, 6.45) is -2.70. The van der Waals surface area contributed by atoms with E-state index in [1.54, 1.807) is 6.07 Å². The van der Waals surface area contributed by atoms with Crippen molar-refractivity contribution in [2.24, 2.45) is 0 Å². The van der Waals surface area contributed by atoms with Gasteiger partial charge in [-0.3, -0.25) is 9.78 Å². The SMILES string of the molecule is CCC(C)c1cc(-c2cc(NC(=O)c3ccnc(C(F)(F)F)c3)ccc2C)cc(N2CCOCC2)n1. The second-order valence-corrected chi connectivity index (χ2v) is 8.96. The number of benzene rings is 1. The number of halogens is 3. The molecule has 0 radical (unpaired) electrons. The highest BCUT2D eigenvalue weighted by Gasteiger charge is 2.33. The maximum absolute atomic E-state index is 13.0. The van der Waals surface area contributed by atoms with Gasteiger partial charge in [0.05, 0.1) is 13.2 Å². The van der Waals surface area contributed by atoms with Crippen LogP contribution >= 0.6 is 0 Å². The fraction of sp³-hybridized carbons (Fsp3) is 0.370. The van der Waals surface area contributed by atoms with Crippen molar-refractivity contribution >= 4 is 17.4 Å². The van der Waals surface area contributed by atoms with Gasteiger partial charge < -0.3 is 15.0 Å². The zero-order valence-corrected chi connectivity index (χ0v) is 20.5. The van der Waals surface area contributed by atoms with Gasteiger partial charge in [0.1, 0.15) is 11.5 Å². The van der Waals surface area contributed by atoms with E-state index in [2.05, 4.69) is 35.1 Å². The maximum Gasteiger partial charge on any atom is 0.433 e. The van der Waals surface area contributed by atoms with Gasteiger partial charge in [-0.25, -0.2) is 4.98 Å². The lowest BCUT2D eigenvalue weighted by Gasteiger charge is -2.29. The van der Waals surface area contributed by atoms with Gasteiger partial charge in [-0.05, 0) is 72.4 Å². The van der Waals surface area contributed by atoms with Gasteiger partial charge in [0.2, 0.25) is 0 Å². The highest BCUT2D eigenvalue weighted by atomic mass is 19.4. The number of nitrogens with zero attached hydrogens (tertiary/aromatic N) is 3.